The number of hydrogen-bond donors (Lipinski definition) is 1. The second kappa shape index (κ2) is 10.6. The Morgan fingerprint density at radius 2 is 1.37 bits per heavy atom. The van der Waals surface area contributed by atoms with Gasteiger partial charge in [0.25, 0.3) is 0 Å². The van der Waals surface area contributed by atoms with Crippen molar-refractivity contribution in [3.63, 3.8) is 0 Å². The first kappa shape index (κ1) is 24.6. The van der Waals surface area contributed by atoms with Crippen molar-refractivity contribution in [2.24, 2.45) is 0 Å². The Kier molecular flexibility index (Phi) is 6.34. The highest BCUT2D eigenvalue weighted by Crippen LogP contribution is 2.40. The Labute approximate surface area is 238 Å². The lowest BCUT2D eigenvalue weighted by Crippen LogP contribution is -1.98. The fourth-order valence-electron chi connectivity index (χ4n) is 5.52. The maximum atomic E-state index is 10.9. The molecule has 5 aromatic carbocycles. The van der Waals surface area contributed by atoms with E-state index in [9.17, 15) is 5.11 Å². The first-order chi connectivity index (χ1) is 20.3. The van der Waals surface area contributed by atoms with E-state index in [2.05, 4.69) is 82.3 Å². The number of pyridine rings is 1. The number of aromatic nitrogens is 3. The molecule has 0 bridgehead atoms. The van der Waals surface area contributed by atoms with Gasteiger partial charge in [-0.3, -0.25) is 9.55 Å². The summed E-state index contributed by atoms with van der Waals surface area (Å²) in [6.07, 6.45) is 2.59. The van der Waals surface area contributed by atoms with Crippen molar-refractivity contribution in [3.05, 3.63) is 157 Å². The highest BCUT2D eigenvalue weighted by molar-refractivity contribution is 5.98. The highest BCUT2D eigenvalue weighted by Gasteiger charge is 2.22. The standard InChI is InChI=1S/C37H27N3O/c41-34-20-8-7-18-31(34)37-39-36-33(40(37)30-16-5-2-6-17-30)22-21-29(24-26-12-3-1-4-13-26)35(36)28-15-11-14-27(25-28)32-19-9-10-23-38-32/h1-23,25,41H,24H2. The fourth-order valence-corrected chi connectivity index (χ4v) is 5.52. The zero-order chi connectivity index (χ0) is 27.6. The number of para-hydroxylation sites is 2. The summed E-state index contributed by atoms with van der Waals surface area (Å²) in [6, 6.07) is 47.0. The maximum absolute atomic E-state index is 10.9. The van der Waals surface area contributed by atoms with Gasteiger partial charge >= 0.3 is 0 Å². The Hall–Kier alpha value is -5.48. The van der Waals surface area contributed by atoms with Crippen molar-refractivity contribution in [2.45, 2.75) is 6.42 Å². The van der Waals surface area contributed by atoms with Crippen LogP contribution < -0.4 is 0 Å². The molecule has 7 aromatic rings. The van der Waals surface area contributed by atoms with Crippen LogP contribution in [0.2, 0.25) is 0 Å². The lowest BCUT2D eigenvalue weighted by Gasteiger charge is -2.14. The Morgan fingerprint density at radius 3 is 2.15 bits per heavy atom. The summed E-state index contributed by atoms with van der Waals surface area (Å²) in [5, 5.41) is 10.9. The van der Waals surface area contributed by atoms with E-state index in [4.69, 9.17) is 4.98 Å². The molecule has 0 radical (unpaired) electrons. The molecule has 0 spiro atoms. The average Bonchev–Trinajstić information content (AvgIpc) is 3.42. The fraction of sp³-hybridized carbons (Fsp3) is 0.0270. The van der Waals surface area contributed by atoms with Gasteiger partial charge in [-0.2, -0.15) is 0 Å². The molecule has 4 heteroatoms. The Bertz CT molecular complexity index is 1960. The zero-order valence-electron chi connectivity index (χ0n) is 22.4. The van der Waals surface area contributed by atoms with Crippen molar-refractivity contribution in [1.29, 1.82) is 0 Å². The first-order valence-electron chi connectivity index (χ1n) is 13.7. The summed E-state index contributed by atoms with van der Waals surface area (Å²) in [5.74, 6) is 0.895. The quantitative estimate of drug-likeness (QED) is 0.234. The van der Waals surface area contributed by atoms with E-state index in [-0.39, 0.29) is 5.75 Å². The summed E-state index contributed by atoms with van der Waals surface area (Å²) < 4.78 is 2.14. The van der Waals surface area contributed by atoms with E-state index in [0.29, 0.717) is 11.4 Å². The van der Waals surface area contributed by atoms with Gasteiger partial charge in [0, 0.05) is 23.0 Å². The van der Waals surface area contributed by atoms with E-state index in [0.717, 1.165) is 45.5 Å². The minimum absolute atomic E-state index is 0.197. The van der Waals surface area contributed by atoms with Crippen LogP contribution in [0.25, 0.3) is 50.5 Å². The number of hydrogen-bond acceptors (Lipinski definition) is 3. The van der Waals surface area contributed by atoms with Crippen LogP contribution in [0.3, 0.4) is 0 Å². The van der Waals surface area contributed by atoms with Gasteiger partial charge in [-0.25, -0.2) is 4.98 Å². The molecule has 0 aliphatic rings. The third-order valence-corrected chi connectivity index (χ3v) is 7.42. The molecule has 7 rings (SSSR count). The molecule has 0 aliphatic heterocycles. The minimum Gasteiger partial charge on any atom is -0.507 e. The van der Waals surface area contributed by atoms with Crippen LogP contribution in [0.5, 0.6) is 5.75 Å². The van der Waals surface area contributed by atoms with Crippen LogP contribution >= 0.6 is 0 Å². The molecular formula is C37H27N3O. The topological polar surface area (TPSA) is 50.9 Å². The van der Waals surface area contributed by atoms with E-state index in [1.165, 1.54) is 11.1 Å². The number of imidazole rings is 1. The molecule has 196 valence electrons. The Balaban J connectivity index is 1.53. The zero-order valence-corrected chi connectivity index (χ0v) is 22.4. The van der Waals surface area contributed by atoms with Gasteiger partial charge in [-0.15, -0.1) is 0 Å². The van der Waals surface area contributed by atoms with Crippen LogP contribution in [0, 0.1) is 0 Å². The molecular weight excluding hydrogens is 502 g/mol. The molecule has 0 fully saturated rings. The van der Waals surface area contributed by atoms with E-state index in [1.54, 1.807) is 6.07 Å². The van der Waals surface area contributed by atoms with Gasteiger partial charge in [0.1, 0.15) is 11.6 Å². The van der Waals surface area contributed by atoms with E-state index < -0.39 is 0 Å². The number of benzene rings is 5. The number of rotatable bonds is 6. The second-order valence-corrected chi connectivity index (χ2v) is 10.0. The first-order valence-corrected chi connectivity index (χ1v) is 13.7. The van der Waals surface area contributed by atoms with Gasteiger partial charge < -0.3 is 5.11 Å². The van der Waals surface area contributed by atoms with Crippen molar-refractivity contribution >= 4 is 11.0 Å². The molecule has 2 aromatic heterocycles. The largest absolute Gasteiger partial charge is 0.507 e. The lowest BCUT2D eigenvalue weighted by molar-refractivity contribution is 0.477. The van der Waals surface area contributed by atoms with Crippen LogP contribution in [0.4, 0.5) is 0 Å². The minimum atomic E-state index is 0.197. The second-order valence-electron chi connectivity index (χ2n) is 10.0. The molecule has 0 atom stereocenters. The van der Waals surface area contributed by atoms with Crippen LogP contribution in [-0.2, 0) is 6.42 Å². The van der Waals surface area contributed by atoms with Crippen molar-refractivity contribution in [1.82, 2.24) is 14.5 Å². The summed E-state index contributed by atoms with van der Waals surface area (Å²) in [5.41, 5.74) is 10.1. The monoisotopic (exact) mass is 529 g/mol. The third-order valence-electron chi connectivity index (χ3n) is 7.42. The SMILES string of the molecule is Oc1ccccc1-c1nc2c(-c3cccc(-c4ccccn4)c3)c(Cc3ccccc3)ccc2n1-c1ccccc1. The molecule has 0 unspecified atom stereocenters. The number of phenolic OH excluding ortho intramolecular Hbond substituents is 1. The lowest BCUT2D eigenvalue weighted by atomic mass is 9.92. The van der Waals surface area contributed by atoms with E-state index in [1.807, 2.05) is 66.9 Å². The van der Waals surface area contributed by atoms with Crippen LogP contribution in [0.1, 0.15) is 11.1 Å². The molecule has 0 aliphatic carbocycles. The number of phenols is 1. The molecule has 0 amide bonds. The summed E-state index contributed by atoms with van der Waals surface area (Å²) in [7, 11) is 0. The summed E-state index contributed by atoms with van der Waals surface area (Å²) in [4.78, 5) is 9.88. The van der Waals surface area contributed by atoms with Crippen molar-refractivity contribution in [3.8, 4) is 45.2 Å². The summed E-state index contributed by atoms with van der Waals surface area (Å²) >= 11 is 0. The van der Waals surface area contributed by atoms with E-state index >= 15 is 0 Å². The molecule has 0 saturated heterocycles. The van der Waals surface area contributed by atoms with Crippen molar-refractivity contribution < 1.29 is 5.11 Å². The predicted octanol–water partition coefficient (Wildman–Crippen LogP) is 8.72. The van der Waals surface area contributed by atoms with Crippen LogP contribution in [-0.4, -0.2) is 19.6 Å². The third kappa shape index (κ3) is 4.66. The molecule has 0 saturated carbocycles. The molecule has 4 nitrogen and oxygen atoms in total. The number of nitrogens with zero attached hydrogens (tertiary/aromatic N) is 3. The smallest absolute Gasteiger partial charge is 0.149 e. The number of fused-ring (bicyclic) bond motifs is 1. The summed E-state index contributed by atoms with van der Waals surface area (Å²) in [6.45, 7) is 0. The average molecular weight is 530 g/mol. The molecule has 41 heavy (non-hydrogen) atoms. The Morgan fingerprint density at radius 1 is 0.634 bits per heavy atom. The molecule has 2 heterocycles. The highest BCUT2D eigenvalue weighted by atomic mass is 16.3. The van der Waals surface area contributed by atoms with Gasteiger partial charge in [0.2, 0.25) is 0 Å². The number of aromatic hydroxyl groups is 1. The van der Waals surface area contributed by atoms with Gasteiger partial charge in [-0.1, -0.05) is 91.0 Å². The van der Waals surface area contributed by atoms with Gasteiger partial charge in [0.15, 0.2) is 0 Å². The predicted molar refractivity (Wildman–Crippen MR) is 166 cm³/mol. The van der Waals surface area contributed by atoms with Gasteiger partial charge in [0.05, 0.1) is 22.3 Å². The molecule has 1 N–H and O–H groups in total. The van der Waals surface area contributed by atoms with Crippen molar-refractivity contribution in [2.75, 3.05) is 0 Å². The maximum Gasteiger partial charge on any atom is 0.149 e. The normalized spacial score (nSPS) is 11.1. The van der Waals surface area contributed by atoms with Crippen LogP contribution in [0.15, 0.2) is 146 Å². The van der Waals surface area contributed by atoms with Gasteiger partial charge in [-0.05, 0) is 71.6 Å².